The first-order valence-corrected chi connectivity index (χ1v) is 9.36. The highest BCUT2D eigenvalue weighted by Gasteiger charge is 2.10. The zero-order valence-corrected chi connectivity index (χ0v) is 15.4. The smallest absolute Gasteiger partial charge is 0.220 e. The molecule has 142 valence electrons. The fraction of sp³-hybridized carbons (Fsp3) is 0.174. The zero-order valence-electron chi connectivity index (χ0n) is 15.4. The average molecular weight is 376 g/mol. The number of amides is 1. The van der Waals surface area contributed by atoms with Gasteiger partial charge in [0, 0.05) is 36.5 Å². The molecule has 5 heteroatoms. The zero-order chi connectivity index (χ0) is 19.3. The van der Waals surface area contributed by atoms with Crippen LogP contribution in [0.15, 0.2) is 71.3 Å². The van der Waals surface area contributed by atoms with E-state index in [2.05, 4.69) is 16.4 Å². The highest BCUT2D eigenvalue weighted by Crippen LogP contribution is 2.25. The predicted molar refractivity (Wildman–Crippen MR) is 107 cm³/mol. The van der Waals surface area contributed by atoms with Crippen molar-refractivity contribution in [3.8, 4) is 11.3 Å². The number of para-hydroxylation sites is 1. The van der Waals surface area contributed by atoms with E-state index < -0.39 is 0 Å². The van der Waals surface area contributed by atoms with E-state index in [0.717, 1.165) is 11.9 Å². The molecule has 0 spiro atoms. The van der Waals surface area contributed by atoms with Gasteiger partial charge in [0.2, 0.25) is 5.91 Å². The summed E-state index contributed by atoms with van der Waals surface area (Å²) in [4.78, 5) is 15.4. The molecule has 2 aromatic heterocycles. The second kappa shape index (κ2) is 8.13. The lowest BCUT2D eigenvalue weighted by molar-refractivity contribution is -0.121. The molecule has 2 N–H and O–H groups in total. The van der Waals surface area contributed by atoms with Crippen LogP contribution in [0, 0.1) is 5.82 Å². The average Bonchev–Trinajstić information content (AvgIpc) is 3.34. The molecule has 0 aliphatic rings. The van der Waals surface area contributed by atoms with Crippen molar-refractivity contribution >= 4 is 16.8 Å². The summed E-state index contributed by atoms with van der Waals surface area (Å²) in [5.41, 5.74) is 2.72. The van der Waals surface area contributed by atoms with Gasteiger partial charge >= 0.3 is 0 Å². The molecule has 0 aliphatic carbocycles. The quantitative estimate of drug-likeness (QED) is 0.484. The minimum Gasteiger partial charge on any atom is -0.461 e. The summed E-state index contributed by atoms with van der Waals surface area (Å²) in [5.74, 6) is 0.806. The molecule has 1 amide bonds. The lowest BCUT2D eigenvalue weighted by Gasteiger charge is -2.04. The van der Waals surface area contributed by atoms with Gasteiger partial charge in [-0.1, -0.05) is 30.3 Å². The summed E-state index contributed by atoms with van der Waals surface area (Å²) in [5, 5.41) is 4.14. The van der Waals surface area contributed by atoms with Gasteiger partial charge in [-0.15, -0.1) is 0 Å². The van der Waals surface area contributed by atoms with Crippen molar-refractivity contribution < 1.29 is 13.6 Å². The second-order valence-corrected chi connectivity index (χ2v) is 6.71. The number of hydrogen-bond acceptors (Lipinski definition) is 2. The maximum Gasteiger partial charge on any atom is 0.220 e. The van der Waals surface area contributed by atoms with Crippen LogP contribution >= 0.6 is 0 Å². The van der Waals surface area contributed by atoms with Crippen molar-refractivity contribution in [2.24, 2.45) is 0 Å². The summed E-state index contributed by atoms with van der Waals surface area (Å²) >= 11 is 0. The number of hydrogen-bond donors (Lipinski definition) is 2. The van der Waals surface area contributed by atoms with Gasteiger partial charge in [0.25, 0.3) is 0 Å². The number of fused-ring (bicyclic) bond motifs is 1. The number of aromatic amines is 1. The largest absolute Gasteiger partial charge is 0.461 e. The number of halogens is 1. The highest BCUT2D eigenvalue weighted by atomic mass is 19.1. The number of furan rings is 1. The summed E-state index contributed by atoms with van der Waals surface area (Å²) < 4.78 is 19.5. The van der Waals surface area contributed by atoms with E-state index in [1.54, 1.807) is 30.3 Å². The number of rotatable bonds is 7. The molecule has 0 unspecified atom stereocenters. The van der Waals surface area contributed by atoms with E-state index in [0.29, 0.717) is 36.5 Å². The Bertz CT molecular complexity index is 1100. The molecule has 0 fully saturated rings. The Hall–Kier alpha value is -3.34. The fourth-order valence-electron chi connectivity index (χ4n) is 3.32. The van der Waals surface area contributed by atoms with Crippen LogP contribution in [0.2, 0.25) is 0 Å². The van der Waals surface area contributed by atoms with Gasteiger partial charge in [0.15, 0.2) is 0 Å². The molecule has 4 aromatic rings. The Kier molecular flexibility index (Phi) is 5.24. The third-order valence-electron chi connectivity index (χ3n) is 4.79. The molecule has 4 nitrogen and oxygen atoms in total. The predicted octanol–water partition coefficient (Wildman–Crippen LogP) is 4.86. The van der Waals surface area contributed by atoms with Crippen LogP contribution in [0.5, 0.6) is 0 Å². The van der Waals surface area contributed by atoms with Crippen LogP contribution < -0.4 is 5.32 Å². The maximum atomic E-state index is 13.8. The summed E-state index contributed by atoms with van der Waals surface area (Å²) in [7, 11) is 0. The Morgan fingerprint density at radius 1 is 1.00 bits per heavy atom. The maximum absolute atomic E-state index is 13.8. The number of H-pyrrole nitrogens is 1. The van der Waals surface area contributed by atoms with Gasteiger partial charge in [0.05, 0.1) is 5.56 Å². The van der Waals surface area contributed by atoms with E-state index in [4.69, 9.17) is 4.42 Å². The molecule has 2 heterocycles. The normalized spacial score (nSPS) is 11.0. The second-order valence-electron chi connectivity index (χ2n) is 6.71. The molecule has 0 atom stereocenters. The molecule has 4 rings (SSSR count). The van der Waals surface area contributed by atoms with Gasteiger partial charge in [0.1, 0.15) is 17.3 Å². The van der Waals surface area contributed by atoms with Crippen LogP contribution in [0.4, 0.5) is 4.39 Å². The first-order valence-electron chi connectivity index (χ1n) is 9.36. The third kappa shape index (κ3) is 3.98. The minimum atomic E-state index is -0.321. The Morgan fingerprint density at radius 2 is 1.82 bits per heavy atom. The lowest BCUT2D eigenvalue weighted by Crippen LogP contribution is -2.25. The number of nitrogens with one attached hydrogen (secondary N) is 2. The molecule has 0 bridgehead atoms. The summed E-state index contributed by atoms with van der Waals surface area (Å²) in [6.07, 6.45) is 3.57. The molecule has 28 heavy (non-hydrogen) atoms. The third-order valence-corrected chi connectivity index (χ3v) is 4.79. The Balaban J connectivity index is 1.26. The number of aromatic nitrogens is 1. The molecule has 0 aliphatic heterocycles. The van der Waals surface area contributed by atoms with Crippen LogP contribution in [-0.2, 0) is 17.6 Å². The van der Waals surface area contributed by atoms with Crippen LogP contribution in [-0.4, -0.2) is 17.4 Å². The van der Waals surface area contributed by atoms with E-state index in [1.165, 1.54) is 17.0 Å². The molecular formula is C23H21FN2O2. The van der Waals surface area contributed by atoms with E-state index >= 15 is 0 Å². The van der Waals surface area contributed by atoms with Crippen LogP contribution in [0.1, 0.15) is 17.7 Å². The van der Waals surface area contributed by atoms with Gasteiger partial charge in [-0.3, -0.25) is 4.79 Å². The van der Waals surface area contributed by atoms with Crippen molar-refractivity contribution in [3.05, 3.63) is 84.0 Å². The Morgan fingerprint density at radius 3 is 2.71 bits per heavy atom. The van der Waals surface area contributed by atoms with Crippen molar-refractivity contribution in [1.82, 2.24) is 10.3 Å². The SMILES string of the molecule is O=C(CCc1ccc(-c2ccccc2F)o1)NCCc1c[nH]c2ccccc12. The van der Waals surface area contributed by atoms with E-state index in [-0.39, 0.29) is 11.7 Å². The van der Waals surface area contributed by atoms with Crippen molar-refractivity contribution in [2.45, 2.75) is 19.3 Å². The number of benzene rings is 2. The topological polar surface area (TPSA) is 58.0 Å². The molecule has 0 radical (unpaired) electrons. The van der Waals surface area contributed by atoms with Crippen LogP contribution in [0.3, 0.4) is 0 Å². The first-order chi connectivity index (χ1) is 13.7. The van der Waals surface area contributed by atoms with Crippen molar-refractivity contribution in [1.29, 1.82) is 0 Å². The lowest BCUT2D eigenvalue weighted by atomic mass is 10.1. The van der Waals surface area contributed by atoms with Crippen LogP contribution in [0.25, 0.3) is 22.2 Å². The molecule has 2 aromatic carbocycles. The number of carbonyl (C=O) groups excluding carboxylic acids is 1. The van der Waals surface area contributed by atoms with E-state index in [1.807, 2.05) is 24.4 Å². The first kappa shape index (κ1) is 18.0. The molecular weight excluding hydrogens is 355 g/mol. The monoisotopic (exact) mass is 376 g/mol. The molecule has 0 saturated heterocycles. The molecule has 0 saturated carbocycles. The summed E-state index contributed by atoms with van der Waals surface area (Å²) in [6.45, 7) is 0.583. The van der Waals surface area contributed by atoms with Gasteiger partial charge < -0.3 is 14.7 Å². The van der Waals surface area contributed by atoms with Gasteiger partial charge in [-0.25, -0.2) is 4.39 Å². The van der Waals surface area contributed by atoms with Crippen molar-refractivity contribution in [3.63, 3.8) is 0 Å². The standard InChI is InChI=1S/C23H21FN2O2/c24-20-7-3-1-6-19(20)22-11-9-17(28-22)10-12-23(27)25-14-13-16-15-26-21-8-4-2-5-18(16)21/h1-9,11,15,26H,10,12-14H2,(H,25,27). The fourth-order valence-corrected chi connectivity index (χ4v) is 3.32. The minimum absolute atomic E-state index is 0.0244. The van der Waals surface area contributed by atoms with E-state index in [9.17, 15) is 9.18 Å². The number of aryl methyl sites for hydroxylation is 1. The number of carbonyl (C=O) groups is 1. The van der Waals surface area contributed by atoms with Gasteiger partial charge in [-0.2, -0.15) is 0 Å². The Labute approximate surface area is 162 Å². The van der Waals surface area contributed by atoms with Gasteiger partial charge in [-0.05, 0) is 42.3 Å². The summed E-state index contributed by atoms with van der Waals surface area (Å²) in [6, 6.07) is 18.1. The highest BCUT2D eigenvalue weighted by molar-refractivity contribution is 5.83. The van der Waals surface area contributed by atoms with Crippen molar-refractivity contribution in [2.75, 3.05) is 6.54 Å².